The fraction of sp³-hybridized carbons (Fsp3) is 0.280. The highest BCUT2D eigenvalue weighted by atomic mass is 16.6. The Balaban J connectivity index is 1.31. The van der Waals surface area contributed by atoms with Crippen molar-refractivity contribution in [1.29, 1.82) is 0 Å². The number of para-hydroxylation sites is 1. The molecular formula is C25H23N3O5. The summed E-state index contributed by atoms with van der Waals surface area (Å²) in [7, 11) is 1.67. The lowest BCUT2D eigenvalue weighted by molar-refractivity contribution is -0.0138. The minimum atomic E-state index is -0.187. The van der Waals surface area contributed by atoms with Crippen molar-refractivity contribution in [2.75, 3.05) is 20.3 Å². The molecule has 2 aliphatic rings. The summed E-state index contributed by atoms with van der Waals surface area (Å²) in [4.78, 5) is 19.8. The quantitative estimate of drug-likeness (QED) is 0.508. The molecule has 4 aromatic rings. The lowest BCUT2D eigenvalue weighted by atomic mass is 10.1. The fourth-order valence-electron chi connectivity index (χ4n) is 4.69. The molecule has 0 radical (unpaired) electrons. The first-order chi connectivity index (χ1) is 16.2. The van der Waals surface area contributed by atoms with Crippen molar-refractivity contribution in [2.45, 2.75) is 24.4 Å². The van der Waals surface area contributed by atoms with Crippen LogP contribution in [0.3, 0.4) is 0 Å². The number of benzene rings is 2. The van der Waals surface area contributed by atoms with Crippen LogP contribution in [-0.4, -0.2) is 59.3 Å². The molecule has 2 aliphatic heterocycles. The minimum absolute atomic E-state index is 0.0559. The molecule has 2 aromatic carbocycles. The lowest BCUT2D eigenvalue weighted by Gasteiger charge is -2.18. The topological polar surface area (TPSA) is 87.6 Å². The van der Waals surface area contributed by atoms with Crippen LogP contribution in [0, 0.1) is 0 Å². The van der Waals surface area contributed by atoms with E-state index in [2.05, 4.69) is 9.97 Å². The molecular weight excluding hydrogens is 422 g/mol. The van der Waals surface area contributed by atoms with E-state index < -0.39 is 0 Å². The van der Waals surface area contributed by atoms with Crippen LogP contribution < -0.4 is 10.3 Å². The average molecular weight is 445 g/mol. The molecule has 2 aromatic heterocycles. The Morgan fingerprint density at radius 1 is 1.00 bits per heavy atom. The molecule has 0 amide bonds. The van der Waals surface area contributed by atoms with Crippen LogP contribution in [0.4, 0.5) is 0 Å². The lowest BCUT2D eigenvalue weighted by Crippen LogP contribution is -2.35. The van der Waals surface area contributed by atoms with E-state index in [1.54, 1.807) is 7.11 Å². The van der Waals surface area contributed by atoms with Crippen LogP contribution in [0.15, 0.2) is 71.9 Å². The molecule has 2 saturated heterocycles. The molecule has 4 heterocycles. The van der Waals surface area contributed by atoms with Crippen LogP contribution in [-0.2, 0) is 14.2 Å². The summed E-state index contributed by atoms with van der Waals surface area (Å²) in [6.45, 7) is 0.973. The maximum absolute atomic E-state index is 12.7. The third kappa shape index (κ3) is 3.43. The summed E-state index contributed by atoms with van der Waals surface area (Å²) >= 11 is 0. The first-order valence-corrected chi connectivity index (χ1v) is 10.9. The summed E-state index contributed by atoms with van der Waals surface area (Å²) in [5.74, 6) is 0.719. The molecule has 0 aliphatic carbocycles. The Hall–Kier alpha value is -3.46. The Labute approximate surface area is 189 Å². The third-order valence-electron chi connectivity index (χ3n) is 6.34. The van der Waals surface area contributed by atoms with Gasteiger partial charge in [0.25, 0.3) is 5.56 Å². The van der Waals surface area contributed by atoms with E-state index in [0.717, 1.165) is 22.6 Å². The number of methoxy groups -OCH3 is 1. The van der Waals surface area contributed by atoms with Gasteiger partial charge in [0.15, 0.2) is 11.8 Å². The zero-order chi connectivity index (χ0) is 22.4. The number of aromatic nitrogens is 3. The third-order valence-corrected chi connectivity index (χ3v) is 6.34. The van der Waals surface area contributed by atoms with Gasteiger partial charge in [0.05, 0.1) is 24.9 Å². The zero-order valence-corrected chi connectivity index (χ0v) is 18.0. The van der Waals surface area contributed by atoms with Gasteiger partial charge in [-0.3, -0.25) is 4.79 Å². The van der Waals surface area contributed by atoms with Crippen molar-refractivity contribution < 1.29 is 18.9 Å². The van der Waals surface area contributed by atoms with Crippen LogP contribution in [0.1, 0.15) is 0 Å². The molecule has 0 unspecified atom stereocenters. The summed E-state index contributed by atoms with van der Waals surface area (Å²) in [5, 5.41) is 0.548. The predicted octanol–water partition coefficient (Wildman–Crippen LogP) is 2.94. The number of rotatable bonds is 5. The van der Waals surface area contributed by atoms with E-state index in [4.69, 9.17) is 18.9 Å². The second kappa shape index (κ2) is 8.15. The van der Waals surface area contributed by atoms with Gasteiger partial charge < -0.3 is 28.5 Å². The number of hydrogen-bond acceptors (Lipinski definition) is 6. The Bertz CT molecular complexity index is 1330. The van der Waals surface area contributed by atoms with Gasteiger partial charge in [0.1, 0.15) is 24.1 Å². The van der Waals surface area contributed by atoms with E-state index in [0.29, 0.717) is 24.2 Å². The van der Waals surface area contributed by atoms with Crippen molar-refractivity contribution in [3.63, 3.8) is 0 Å². The highest BCUT2D eigenvalue weighted by molar-refractivity contribution is 5.94. The van der Waals surface area contributed by atoms with Crippen LogP contribution in [0.5, 0.6) is 5.75 Å². The maximum Gasteiger partial charge on any atom is 0.260 e. The van der Waals surface area contributed by atoms with Crippen molar-refractivity contribution in [1.82, 2.24) is 14.5 Å². The molecule has 33 heavy (non-hydrogen) atoms. The average Bonchev–Trinajstić information content (AvgIpc) is 3.55. The first-order valence-electron chi connectivity index (χ1n) is 10.9. The maximum atomic E-state index is 12.7. The highest BCUT2D eigenvalue weighted by Crippen LogP contribution is 2.33. The van der Waals surface area contributed by atoms with E-state index >= 15 is 0 Å². The summed E-state index contributed by atoms with van der Waals surface area (Å²) in [6, 6.07) is 17.6. The van der Waals surface area contributed by atoms with Gasteiger partial charge in [-0.2, -0.15) is 0 Å². The summed E-state index contributed by atoms with van der Waals surface area (Å²) in [5.41, 5.74) is 3.08. The molecule has 8 nitrogen and oxygen atoms in total. The first kappa shape index (κ1) is 20.2. The van der Waals surface area contributed by atoms with E-state index in [9.17, 15) is 4.79 Å². The van der Waals surface area contributed by atoms with Crippen molar-refractivity contribution in [3.8, 4) is 22.6 Å². The molecule has 0 saturated carbocycles. The van der Waals surface area contributed by atoms with E-state index in [1.165, 1.54) is 6.33 Å². The Morgan fingerprint density at radius 2 is 1.73 bits per heavy atom. The summed E-state index contributed by atoms with van der Waals surface area (Å²) in [6.07, 6.45) is 2.91. The van der Waals surface area contributed by atoms with Crippen molar-refractivity contribution in [3.05, 3.63) is 77.5 Å². The van der Waals surface area contributed by atoms with Crippen molar-refractivity contribution in [2.24, 2.45) is 0 Å². The highest BCUT2D eigenvalue weighted by Gasteiger charge is 2.49. The number of H-pyrrole nitrogens is 1. The van der Waals surface area contributed by atoms with Crippen LogP contribution in [0.2, 0.25) is 0 Å². The number of nitrogens with one attached hydrogen (secondary N) is 1. The SMILES string of the molecule is CO[C@H]1CO[C@@H]2[C@H]1OC[C@H]2Oc1ccc(-c2cn(-c3ccccc3)c3nc[nH]c(=O)c23)cc1. The van der Waals surface area contributed by atoms with E-state index in [-0.39, 0.29) is 30.0 Å². The fourth-order valence-corrected chi connectivity index (χ4v) is 4.69. The van der Waals surface area contributed by atoms with Gasteiger partial charge in [0.2, 0.25) is 0 Å². The standard InChI is InChI=1S/C25H23N3O5/c1-30-19-12-31-23-20(13-32-22(19)23)33-17-9-7-15(8-10-17)18-11-28(16-5-3-2-4-6-16)24-21(18)25(29)27-14-26-24/h2-11,14,19-20,22-23H,12-13H2,1H3,(H,26,27,29)/t19-,20+,22-,23-/m0/s1. The smallest absolute Gasteiger partial charge is 0.260 e. The number of hydrogen-bond donors (Lipinski definition) is 1. The molecule has 168 valence electrons. The summed E-state index contributed by atoms with van der Waals surface area (Å²) < 4.78 is 25.2. The van der Waals surface area contributed by atoms with Crippen LogP contribution in [0.25, 0.3) is 27.8 Å². The number of fused-ring (bicyclic) bond motifs is 2. The van der Waals surface area contributed by atoms with Crippen LogP contribution >= 0.6 is 0 Å². The van der Waals surface area contributed by atoms with Gasteiger partial charge in [-0.25, -0.2) is 4.98 Å². The van der Waals surface area contributed by atoms with Gasteiger partial charge in [-0.1, -0.05) is 30.3 Å². The largest absolute Gasteiger partial charge is 0.485 e. The predicted molar refractivity (Wildman–Crippen MR) is 122 cm³/mol. The monoisotopic (exact) mass is 445 g/mol. The zero-order valence-electron chi connectivity index (χ0n) is 18.0. The second-order valence-electron chi connectivity index (χ2n) is 8.23. The molecule has 8 heteroatoms. The Kier molecular flexibility index (Phi) is 4.98. The van der Waals surface area contributed by atoms with Gasteiger partial charge in [-0.15, -0.1) is 0 Å². The molecule has 0 spiro atoms. The number of aromatic amines is 1. The molecule has 6 rings (SSSR count). The Morgan fingerprint density at radius 3 is 2.48 bits per heavy atom. The number of nitrogens with zero attached hydrogens (tertiary/aromatic N) is 2. The van der Waals surface area contributed by atoms with Gasteiger partial charge >= 0.3 is 0 Å². The van der Waals surface area contributed by atoms with Crippen molar-refractivity contribution >= 4 is 11.0 Å². The second-order valence-corrected chi connectivity index (χ2v) is 8.23. The normalized spacial score (nSPS) is 24.3. The molecule has 0 bridgehead atoms. The molecule has 2 fully saturated rings. The van der Waals surface area contributed by atoms with Gasteiger partial charge in [-0.05, 0) is 29.8 Å². The molecule has 1 N–H and O–H groups in total. The van der Waals surface area contributed by atoms with E-state index in [1.807, 2.05) is 65.4 Å². The molecule has 4 atom stereocenters. The van der Waals surface area contributed by atoms with Gasteiger partial charge in [0, 0.05) is 24.6 Å². The minimum Gasteiger partial charge on any atom is -0.485 e. The number of ether oxygens (including phenoxy) is 4.